The summed E-state index contributed by atoms with van der Waals surface area (Å²) < 4.78 is 0.799. The van der Waals surface area contributed by atoms with Crippen LogP contribution in [0.5, 0.6) is 0 Å². The Morgan fingerprint density at radius 2 is 1.95 bits per heavy atom. The summed E-state index contributed by atoms with van der Waals surface area (Å²) in [5, 5.41) is 6.85. The number of nitrogens with one attached hydrogen (secondary N) is 2. The van der Waals surface area contributed by atoms with E-state index in [9.17, 15) is 4.79 Å². The van der Waals surface area contributed by atoms with E-state index in [1.54, 1.807) is 19.1 Å². The lowest BCUT2D eigenvalue weighted by atomic mass is 10.2. The van der Waals surface area contributed by atoms with E-state index in [1.165, 1.54) is 0 Å². The number of amides is 1. The third kappa shape index (κ3) is 5.21. The summed E-state index contributed by atoms with van der Waals surface area (Å²) in [5.41, 5.74) is 0.574. The standard InChI is InChI=1S/C13H17BrCl2N2O/c1-3-4-5-17-13(19)8(2)18-12-10(15)6-9(14)7-11(12)16/h6-8,18H,3-5H2,1-2H3,(H,17,19). The quantitative estimate of drug-likeness (QED) is 0.728. The van der Waals surface area contributed by atoms with Crippen LogP contribution in [0.2, 0.25) is 10.0 Å². The normalized spacial score (nSPS) is 12.1. The molecule has 1 unspecified atom stereocenters. The highest BCUT2D eigenvalue weighted by Crippen LogP contribution is 2.34. The lowest BCUT2D eigenvalue weighted by molar-refractivity contribution is -0.121. The van der Waals surface area contributed by atoms with Crippen LogP contribution in [0, 0.1) is 0 Å². The summed E-state index contributed by atoms with van der Waals surface area (Å²) >= 11 is 15.5. The van der Waals surface area contributed by atoms with Crippen LogP contribution >= 0.6 is 39.1 Å². The molecular formula is C13H17BrCl2N2O. The first-order valence-electron chi connectivity index (χ1n) is 6.14. The van der Waals surface area contributed by atoms with Crippen molar-refractivity contribution < 1.29 is 4.79 Å². The Bertz CT molecular complexity index is 431. The first kappa shape index (κ1) is 16.6. The summed E-state index contributed by atoms with van der Waals surface area (Å²) in [6.45, 7) is 4.54. The predicted octanol–water partition coefficient (Wildman–Crippen LogP) is 4.47. The van der Waals surface area contributed by atoms with Crippen LogP contribution in [0.25, 0.3) is 0 Å². The van der Waals surface area contributed by atoms with Crippen molar-refractivity contribution in [2.75, 3.05) is 11.9 Å². The Labute approximate surface area is 132 Å². The molecule has 1 aromatic carbocycles. The van der Waals surface area contributed by atoms with Gasteiger partial charge in [0, 0.05) is 11.0 Å². The summed E-state index contributed by atoms with van der Waals surface area (Å²) in [6.07, 6.45) is 2.02. The molecule has 1 aromatic rings. The molecular weight excluding hydrogens is 351 g/mol. The van der Waals surface area contributed by atoms with Gasteiger partial charge in [-0.2, -0.15) is 0 Å². The van der Waals surface area contributed by atoms with Crippen molar-refractivity contribution in [3.05, 3.63) is 26.7 Å². The van der Waals surface area contributed by atoms with Gasteiger partial charge in [0.25, 0.3) is 0 Å². The van der Waals surface area contributed by atoms with Crippen molar-refractivity contribution in [1.82, 2.24) is 5.32 Å². The summed E-state index contributed by atoms with van der Waals surface area (Å²) in [5.74, 6) is -0.0662. The zero-order chi connectivity index (χ0) is 14.4. The molecule has 0 aliphatic carbocycles. The monoisotopic (exact) mass is 366 g/mol. The molecule has 0 heterocycles. The molecule has 1 amide bonds. The molecule has 0 saturated heterocycles. The van der Waals surface area contributed by atoms with E-state index in [-0.39, 0.29) is 5.91 Å². The van der Waals surface area contributed by atoms with Gasteiger partial charge in [0.2, 0.25) is 5.91 Å². The molecule has 0 radical (unpaired) electrons. The van der Waals surface area contributed by atoms with Crippen LogP contribution in [0.3, 0.4) is 0 Å². The third-order valence-electron chi connectivity index (χ3n) is 2.59. The lowest BCUT2D eigenvalue weighted by Crippen LogP contribution is -2.38. The predicted molar refractivity (Wildman–Crippen MR) is 85.2 cm³/mol. The highest BCUT2D eigenvalue weighted by Gasteiger charge is 2.15. The fourth-order valence-electron chi connectivity index (χ4n) is 1.50. The number of benzene rings is 1. The molecule has 0 fully saturated rings. The zero-order valence-electron chi connectivity index (χ0n) is 10.9. The Hall–Kier alpha value is -0.450. The smallest absolute Gasteiger partial charge is 0.242 e. The molecule has 0 spiro atoms. The largest absolute Gasteiger partial charge is 0.371 e. The first-order chi connectivity index (χ1) is 8.95. The maximum Gasteiger partial charge on any atom is 0.242 e. The topological polar surface area (TPSA) is 41.1 Å². The van der Waals surface area contributed by atoms with Crippen LogP contribution in [0.15, 0.2) is 16.6 Å². The molecule has 1 atom stereocenters. The number of anilines is 1. The van der Waals surface area contributed by atoms with Gasteiger partial charge in [-0.1, -0.05) is 52.5 Å². The van der Waals surface area contributed by atoms with Crippen molar-refractivity contribution in [3.63, 3.8) is 0 Å². The van der Waals surface area contributed by atoms with Gasteiger partial charge < -0.3 is 10.6 Å². The van der Waals surface area contributed by atoms with E-state index in [1.807, 2.05) is 0 Å². The molecule has 1 rings (SSSR count). The Morgan fingerprint density at radius 3 is 2.47 bits per heavy atom. The third-order valence-corrected chi connectivity index (χ3v) is 3.64. The minimum absolute atomic E-state index is 0.0662. The van der Waals surface area contributed by atoms with Gasteiger partial charge in [0.15, 0.2) is 0 Å². The zero-order valence-corrected chi connectivity index (χ0v) is 14.0. The van der Waals surface area contributed by atoms with E-state index >= 15 is 0 Å². The lowest BCUT2D eigenvalue weighted by Gasteiger charge is -2.17. The molecule has 0 saturated carbocycles. The molecule has 0 aromatic heterocycles. The molecule has 0 aliphatic heterocycles. The fourth-order valence-corrected chi connectivity index (χ4v) is 2.82. The summed E-state index contributed by atoms with van der Waals surface area (Å²) in [4.78, 5) is 11.8. The maximum atomic E-state index is 11.8. The van der Waals surface area contributed by atoms with E-state index in [2.05, 4.69) is 33.5 Å². The SMILES string of the molecule is CCCCNC(=O)C(C)Nc1c(Cl)cc(Br)cc1Cl. The average Bonchev–Trinajstić information content (AvgIpc) is 2.33. The van der Waals surface area contributed by atoms with Crippen molar-refractivity contribution in [2.45, 2.75) is 32.7 Å². The van der Waals surface area contributed by atoms with E-state index in [0.717, 1.165) is 17.3 Å². The molecule has 2 N–H and O–H groups in total. The second-order valence-corrected chi connectivity index (χ2v) is 5.99. The second kappa shape index (κ2) is 7.98. The number of halogens is 3. The minimum atomic E-state index is -0.395. The van der Waals surface area contributed by atoms with Gasteiger partial charge in [-0.3, -0.25) is 4.79 Å². The highest BCUT2D eigenvalue weighted by atomic mass is 79.9. The van der Waals surface area contributed by atoms with Crippen molar-refractivity contribution in [1.29, 1.82) is 0 Å². The number of carbonyl (C=O) groups is 1. The molecule has 19 heavy (non-hydrogen) atoms. The number of hydrogen-bond acceptors (Lipinski definition) is 2. The van der Waals surface area contributed by atoms with Crippen LogP contribution in [-0.2, 0) is 4.79 Å². The number of rotatable bonds is 6. The van der Waals surface area contributed by atoms with Crippen molar-refractivity contribution in [2.24, 2.45) is 0 Å². The molecule has 0 aliphatic rings. The Kier molecular flexibility index (Phi) is 6.97. The van der Waals surface area contributed by atoms with Gasteiger partial charge in [-0.05, 0) is 25.5 Å². The summed E-state index contributed by atoms with van der Waals surface area (Å²) in [6, 6.07) is 3.07. The van der Waals surface area contributed by atoms with E-state index in [0.29, 0.717) is 22.3 Å². The van der Waals surface area contributed by atoms with Crippen LogP contribution in [-0.4, -0.2) is 18.5 Å². The number of unbranched alkanes of at least 4 members (excludes halogenated alkanes) is 1. The molecule has 0 bridgehead atoms. The maximum absolute atomic E-state index is 11.8. The van der Waals surface area contributed by atoms with Gasteiger partial charge >= 0.3 is 0 Å². The Balaban J connectivity index is 2.66. The van der Waals surface area contributed by atoms with Gasteiger partial charge in [0.1, 0.15) is 6.04 Å². The van der Waals surface area contributed by atoms with Crippen LogP contribution in [0.4, 0.5) is 5.69 Å². The fraction of sp³-hybridized carbons (Fsp3) is 0.462. The first-order valence-corrected chi connectivity index (χ1v) is 7.69. The van der Waals surface area contributed by atoms with Crippen LogP contribution in [0.1, 0.15) is 26.7 Å². The number of carbonyl (C=O) groups excluding carboxylic acids is 1. The van der Waals surface area contributed by atoms with Gasteiger partial charge in [0.05, 0.1) is 15.7 Å². The molecule has 3 nitrogen and oxygen atoms in total. The average molecular weight is 368 g/mol. The second-order valence-electron chi connectivity index (χ2n) is 4.26. The summed E-state index contributed by atoms with van der Waals surface area (Å²) in [7, 11) is 0. The Morgan fingerprint density at radius 1 is 1.37 bits per heavy atom. The van der Waals surface area contributed by atoms with Gasteiger partial charge in [-0.15, -0.1) is 0 Å². The molecule has 106 valence electrons. The van der Waals surface area contributed by atoms with Gasteiger partial charge in [-0.25, -0.2) is 0 Å². The number of hydrogen-bond donors (Lipinski definition) is 2. The van der Waals surface area contributed by atoms with Crippen LogP contribution < -0.4 is 10.6 Å². The van der Waals surface area contributed by atoms with Crippen molar-refractivity contribution in [3.8, 4) is 0 Å². The minimum Gasteiger partial charge on any atom is -0.371 e. The van der Waals surface area contributed by atoms with E-state index in [4.69, 9.17) is 23.2 Å². The van der Waals surface area contributed by atoms with Crippen molar-refractivity contribution >= 4 is 50.7 Å². The highest BCUT2D eigenvalue weighted by molar-refractivity contribution is 9.10. The van der Waals surface area contributed by atoms with E-state index < -0.39 is 6.04 Å². The molecule has 6 heteroatoms.